The van der Waals surface area contributed by atoms with Gasteiger partial charge in [-0.3, -0.25) is 14.5 Å². The van der Waals surface area contributed by atoms with Crippen LogP contribution in [0.2, 0.25) is 0 Å². The van der Waals surface area contributed by atoms with Crippen LogP contribution in [0.1, 0.15) is 35.2 Å². The van der Waals surface area contributed by atoms with E-state index < -0.39 is 0 Å². The summed E-state index contributed by atoms with van der Waals surface area (Å²) in [4.78, 5) is 4.97. The van der Waals surface area contributed by atoms with Crippen LogP contribution < -0.4 is 0 Å². The van der Waals surface area contributed by atoms with Gasteiger partial charge in [0.1, 0.15) is 11.6 Å². The maximum atomic E-state index is 13.5. The number of phenolic OH excluding ortho intramolecular Hbond substituents is 1. The van der Waals surface area contributed by atoms with Crippen LogP contribution in [0.5, 0.6) is 5.75 Å². The molecule has 33 heavy (non-hydrogen) atoms. The lowest BCUT2D eigenvalue weighted by atomic mass is 9.84. The second kappa shape index (κ2) is 10.5. The minimum Gasteiger partial charge on any atom is -0.508 e. The summed E-state index contributed by atoms with van der Waals surface area (Å²) in [6.07, 6.45) is 5.31. The van der Waals surface area contributed by atoms with Crippen molar-refractivity contribution >= 4 is 0 Å². The Hall–Kier alpha value is -2.70. The summed E-state index contributed by atoms with van der Waals surface area (Å²) in [7, 11) is 4.18. The molecule has 1 atom stereocenters. The molecule has 2 aromatic carbocycles. The number of hydrogen-bond donors (Lipinski definition) is 1. The molecule has 0 bridgehead atoms. The molecule has 2 heterocycles. The van der Waals surface area contributed by atoms with Crippen LogP contribution in [0.4, 0.5) is 4.39 Å². The Balaban J connectivity index is 1.44. The molecule has 0 aliphatic carbocycles. The van der Waals surface area contributed by atoms with E-state index in [0.29, 0.717) is 17.7 Å². The van der Waals surface area contributed by atoms with E-state index in [2.05, 4.69) is 35.1 Å². The summed E-state index contributed by atoms with van der Waals surface area (Å²) in [5.74, 6) is 0.707. The zero-order chi connectivity index (χ0) is 23.4. The molecule has 1 aromatic heterocycles. The van der Waals surface area contributed by atoms with Gasteiger partial charge in [0.25, 0.3) is 0 Å². The Labute approximate surface area is 196 Å². The average Bonchev–Trinajstić information content (AvgIpc) is 3.12. The van der Waals surface area contributed by atoms with E-state index in [1.807, 2.05) is 36.0 Å². The number of hydrogen-bond acceptors (Lipinski definition) is 4. The van der Waals surface area contributed by atoms with Crippen molar-refractivity contribution < 1.29 is 9.50 Å². The van der Waals surface area contributed by atoms with Gasteiger partial charge >= 0.3 is 0 Å². The molecule has 5 nitrogen and oxygen atoms in total. The van der Waals surface area contributed by atoms with E-state index in [4.69, 9.17) is 0 Å². The Bertz CT molecular complexity index is 1020. The fourth-order valence-corrected chi connectivity index (χ4v) is 5.09. The molecule has 1 N–H and O–H groups in total. The highest BCUT2D eigenvalue weighted by Crippen LogP contribution is 2.28. The molecular weight excluding hydrogens is 415 g/mol. The van der Waals surface area contributed by atoms with Gasteiger partial charge in [0, 0.05) is 37.9 Å². The fourth-order valence-electron chi connectivity index (χ4n) is 5.09. The number of aromatic nitrogens is 2. The lowest BCUT2D eigenvalue weighted by Gasteiger charge is -2.40. The number of piperidine rings is 1. The average molecular weight is 451 g/mol. The van der Waals surface area contributed by atoms with Crippen molar-refractivity contribution in [3.8, 4) is 5.75 Å². The molecule has 4 rings (SSSR count). The van der Waals surface area contributed by atoms with Crippen molar-refractivity contribution in [2.75, 3.05) is 20.1 Å². The molecule has 0 spiro atoms. The van der Waals surface area contributed by atoms with Crippen LogP contribution in [-0.4, -0.2) is 50.9 Å². The zero-order valence-electron chi connectivity index (χ0n) is 19.9. The predicted molar refractivity (Wildman–Crippen MR) is 129 cm³/mol. The number of benzene rings is 2. The van der Waals surface area contributed by atoms with Crippen molar-refractivity contribution in [1.82, 2.24) is 19.6 Å². The van der Waals surface area contributed by atoms with E-state index in [0.717, 1.165) is 51.1 Å². The second-order valence-corrected chi connectivity index (χ2v) is 9.51. The standard InChI is InChI=1S/C27H35FN4O/c1-20-24(19-31(3)29-20)18-30(2)27(16-21-4-8-25(28)9-5-21)23-12-14-32(15-13-23)17-22-6-10-26(33)11-7-22/h4-11,19,23,27,33H,12-18H2,1-3H3/t27-/m0/s1. The highest BCUT2D eigenvalue weighted by Gasteiger charge is 2.30. The molecule has 0 unspecified atom stereocenters. The van der Waals surface area contributed by atoms with Gasteiger partial charge in [-0.1, -0.05) is 24.3 Å². The van der Waals surface area contributed by atoms with Crippen LogP contribution in [0.25, 0.3) is 0 Å². The van der Waals surface area contributed by atoms with Crippen molar-refractivity contribution in [3.63, 3.8) is 0 Å². The van der Waals surface area contributed by atoms with Crippen molar-refractivity contribution in [1.29, 1.82) is 0 Å². The maximum absolute atomic E-state index is 13.5. The normalized spacial score (nSPS) is 16.4. The minimum atomic E-state index is -0.183. The lowest BCUT2D eigenvalue weighted by molar-refractivity contribution is 0.0953. The number of nitrogens with zero attached hydrogens (tertiary/aromatic N) is 4. The topological polar surface area (TPSA) is 44.5 Å². The van der Waals surface area contributed by atoms with Gasteiger partial charge in [-0.05, 0) is 87.6 Å². The summed E-state index contributed by atoms with van der Waals surface area (Å²) in [5.41, 5.74) is 4.75. The highest BCUT2D eigenvalue weighted by molar-refractivity contribution is 5.26. The number of aromatic hydroxyl groups is 1. The van der Waals surface area contributed by atoms with Gasteiger partial charge in [0.15, 0.2) is 0 Å². The molecule has 6 heteroatoms. The maximum Gasteiger partial charge on any atom is 0.123 e. The van der Waals surface area contributed by atoms with E-state index in [1.54, 1.807) is 24.3 Å². The SMILES string of the molecule is Cc1nn(C)cc1CN(C)[C@@H](Cc1ccc(F)cc1)C1CCN(Cc2ccc(O)cc2)CC1. The third-order valence-electron chi connectivity index (χ3n) is 6.98. The molecule has 3 aromatic rings. The number of halogens is 1. The first-order chi connectivity index (χ1) is 15.9. The zero-order valence-corrected chi connectivity index (χ0v) is 19.9. The monoisotopic (exact) mass is 450 g/mol. The van der Waals surface area contributed by atoms with E-state index in [-0.39, 0.29) is 5.82 Å². The smallest absolute Gasteiger partial charge is 0.123 e. The quantitative estimate of drug-likeness (QED) is 0.548. The van der Waals surface area contributed by atoms with Crippen molar-refractivity contribution in [2.24, 2.45) is 13.0 Å². The Morgan fingerprint density at radius 1 is 1.06 bits per heavy atom. The third-order valence-corrected chi connectivity index (χ3v) is 6.98. The number of aryl methyl sites for hydroxylation is 2. The van der Waals surface area contributed by atoms with E-state index >= 15 is 0 Å². The van der Waals surface area contributed by atoms with Crippen LogP contribution in [-0.2, 0) is 26.6 Å². The Kier molecular flexibility index (Phi) is 7.46. The Morgan fingerprint density at radius 3 is 2.30 bits per heavy atom. The van der Waals surface area contributed by atoms with E-state index in [1.165, 1.54) is 16.7 Å². The van der Waals surface area contributed by atoms with Gasteiger partial charge in [-0.2, -0.15) is 5.10 Å². The van der Waals surface area contributed by atoms with Crippen LogP contribution >= 0.6 is 0 Å². The fraction of sp³-hybridized carbons (Fsp3) is 0.444. The number of rotatable bonds is 8. The first-order valence-electron chi connectivity index (χ1n) is 11.8. The molecule has 1 aliphatic rings. The first-order valence-corrected chi connectivity index (χ1v) is 11.8. The second-order valence-electron chi connectivity index (χ2n) is 9.51. The molecule has 1 saturated heterocycles. The number of likely N-dealkylation sites (N-methyl/N-ethyl adjacent to an activating group) is 1. The summed E-state index contributed by atoms with van der Waals surface area (Å²) < 4.78 is 15.4. The molecule has 0 saturated carbocycles. The van der Waals surface area contributed by atoms with Gasteiger partial charge < -0.3 is 5.11 Å². The highest BCUT2D eigenvalue weighted by atomic mass is 19.1. The predicted octanol–water partition coefficient (Wildman–Crippen LogP) is 4.53. The number of likely N-dealkylation sites (tertiary alicyclic amines) is 1. The van der Waals surface area contributed by atoms with Gasteiger partial charge in [-0.15, -0.1) is 0 Å². The van der Waals surface area contributed by atoms with Crippen LogP contribution in [0, 0.1) is 18.7 Å². The summed E-state index contributed by atoms with van der Waals surface area (Å²) in [5, 5.41) is 14.0. The lowest BCUT2D eigenvalue weighted by Crippen LogP contribution is -2.45. The van der Waals surface area contributed by atoms with Gasteiger partial charge in [0.2, 0.25) is 0 Å². The molecular formula is C27H35FN4O. The first kappa shape index (κ1) is 23.5. The Morgan fingerprint density at radius 2 is 1.70 bits per heavy atom. The van der Waals surface area contributed by atoms with E-state index in [9.17, 15) is 9.50 Å². The molecule has 0 radical (unpaired) electrons. The molecule has 1 aliphatic heterocycles. The van der Waals surface area contributed by atoms with Gasteiger partial charge in [0.05, 0.1) is 5.69 Å². The molecule has 0 amide bonds. The van der Waals surface area contributed by atoms with Crippen molar-refractivity contribution in [2.45, 2.75) is 45.3 Å². The molecule has 1 fully saturated rings. The van der Waals surface area contributed by atoms with Gasteiger partial charge in [-0.25, -0.2) is 4.39 Å². The largest absolute Gasteiger partial charge is 0.508 e. The number of phenols is 1. The van der Waals surface area contributed by atoms with Crippen LogP contribution in [0.3, 0.4) is 0 Å². The van der Waals surface area contributed by atoms with Crippen LogP contribution in [0.15, 0.2) is 54.7 Å². The minimum absolute atomic E-state index is 0.183. The van der Waals surface area contributed by atoms with Crippen molar-refractivity contribution in [3.05, 3.63) is 82.9 Å². The molecule has 176 valence electrons. The summed E-state index contributed by atoms with van der Waals surface area (Å²) in [6.45, 7) is 5.97. The summed E-state index contributed by atoms with van der Waals surface area (Å²) >= 11 is 0. The summed E-state index contributed by atoms with van der Waals surface area (Å²) in [6, 6.07) is 14.9. The third kappa shape index (κ3) is 6.21.